The van der Waals surface area contributed by atoms with E-state index in [0.717, 1.165) is 39.7 Å². The van der Waals surface area contributed by atoms with Crippen molar-refractivity contribution in [3.63, 3.8) is 0 Å². The molecule has 3 aromatic rings. The number of carbonyl (C=O) groups is 1. The molecule has 0 bridgehead atoms. The molecule has 3 rings (SSSR count). The maximum Gasteiger partial charge on any atom is 0.150 e. The second-order valence-corrected chi connectivity index (χ2v) is 7.30. The maximum atomic E-state index is 11.9. The van der Waals surface area contributed by atoms with Crippen LogP contribution in [0.5, 0.6) is 11.5 Å². The topological polar surface area (TPSA) is 57.5 Å². The molecular weight excluding hydrogens is 336 g/mol. The number of rotatable bonds is 3. The molecule has 0 spiro atoms. The Kier molecular flexibility index (Phi) is 4.79. The van der Waals surface area contributed by atoms with Crippen molar-refractivity contribution in [2.24, 2.45) is 0 Å². The first kappa shape index (κ1) is 18.7. The average molecular weight is 360 g/mol. The molecule has 3 nitrogen and oxygen atoms in total. The van der Waals surface area contributed by atoms with Crippen molar-refractivity contribution in [1.29, 1.82) is 0 Å². The summed E-state index contributed by atoms with van der Waals surface area (Å²) in [4.78, 5) is 11.9. The number of carbonyl (C=O) groups excluding carboxylic acids is 1. The Morgan fingerprint density at radius 1 is 0.667 bits per heavy atom. The van der Waals surface area contributed by atoms with E-state index in [-0.39, 0.29) is 11.5 Å². The monoisotopic (exact) mass is 360 g/mol. The Morgan fingerprint density at radius 3 is 1.63 bits per heavy atom. The average Bonchev–Trinajstić information content (AvgIpc) is 2.61. The number of aldehydes is 1. The zero-order valence-corrected chi connectivity index (χ0v) is 16.3. The Labute approximate surface area is 159 Å². The molecule has 3 heteroatoms. The van der Waals surface area contributed by atoms with Crippen LogP contribution >= 0.6 is 0 Å². The summed E-state index contributed by atoms with van der Waals surface area (Å²) in [7, 11) is 0. The number of hydrogen-bond donors (Lipinski definition) is 2. The lowest BCUT2D eigenvalue weighted by atomic mass is 9.85. The fourth-order valence-corrected chi connectivity index (χ4v) is 3.76. The normalized spacial score (nSPS) is 10.9. The zero-order chi connectivity index (χ0) is 19.9. The molecule has 0 saturated carbocycles. The highest BCUT2D eigenvalue weighted by Gasteiger charge is 2.21. The van der Waals surface area contributed by atoms with Gasteiger partial charge in [-0.3, -0.25) is 4.79 Å². The van der Waals surface area contributed by atoms with Crippen LogP contribution in [-0.4, -0.2) is 16.5 Å². The van der Waals surface area contributed by atoms with Crippen molar-refractivity contribution < 1.29 is 15.0 Å². The number of aromatic hydroxyl groups is 2. The number of phenols is 2. The lowest BCUT2D eigenvalue weighted by Gasteiger charge is -2.20. The highest BCUT2D eigenvalue weighted by molar-refractivity contribution is 6.00. The van der Waals surface area contributed by atoms with E-state index in [1.807, 2.05) is 65.0 Å². The standard InChI is InChI=1S/C24H24O3/c1-13-8-16(4)23(26)19(10-13)21-15(3)6-7-18(12-25)22(21)20-11-14(2)9-17(5)24(20)27/h6-12,26-27H,1-5H3. The number of hydrogen-bond acceptors (Lipinski definition) is 3. The van der Waals surface area contributed by atoms with Gasteiger partial charge in [-0.2, -0.15) is 0 Å². The third-order valence-corrected chi connectivity index (χ3v) is 5.00. The molecule has 0 atom stereocenters. The molecule has 0 aliphatic rings. The molecule has 0 aromatic heterocycles. The highest BCUT2D eigenvalue weighted by Crippen LogP contribution is 2.45. The summed E-state index contributed by atoms with van der Waals surface area (Å²) in [6.07, 6.45) is 0.801. The molecule has 0 aliphatic heterocycles. The van der Waals surface area contributed by atoms with Crippen LogP contribution < -0.4 is 0 Å². The predicted octanol–water partition coefficient (Wildman–Crippen LogP) is 5.79. The van der Waals surface area contributed by atoms with E-state index in [4.69, 9.17) is 0 Å². The summed E-state index contributed by atoms with van der Waals surface area (Å²) < 4.78 is 0. The van der Waals surface area contributed by atoms with Crippen LogP contribution in [0.1, 0.15) is 38.2 Å². The molecule has 0 amide bonds. The van der Waals surface area contributed by atoms with Gasteiger partial charge in [0.15, 0.2) is 6.29 Å². The Bertz CT molecular complexity index is 1060. The summed E-state index contributed by atoms with van der Waals surface area (Å²) in [5.41, 5.74) is 7.63. The quantitative estimate of drug-likeness (QED) is 0.582. The predicted molar refractivity (Wildman–Crippen MR) is 110 cm³/mol. The van der Waals surface area contributed by atoms with Gasteiger partial charge in [0.1, 0.15) is 11.5 Å². The minimum absolute atomic E-state index is 0.152. The van der Waals surface area contributed by atoms with Crippen molar-refractivity contribution in [3.05, 3.63) is 69.8 Å². The minimum atomic E-state index is 0.152. The third-order valence-electron chi connectivity index (χ3n) is 5.00. The van der Waals surface area contributed by atoms with Crippen LogP contribution in [-0.2, 0) is 0 Å². The van der Waals surface area contributed by atoms with E-state index in [1.165, 1.54) is 0 Å². The van der Waals surface area contributed by atoms with Gasteiger partial charge in [-0.25, -0.2) is 0 Å². The first-order valence-electron chi connectivity index (χ1n) is 8.94. The van der Waals surface area contributed by atoms with Crippen LogP contribution in [0.3, 0.4) is 0 Å². The van der Waals surface area contributed by atoms with E-state index in [2.05, 4.69) is 0 Å². The molecule has 0 aliphatic carbocycles. The molecule has 138 valence electrons. The highest BCUT2D eigenvalue weighted by atomic mass is 16.3. The number of aryl methyl sites for hydroxylation is 5. The van der Waals surface area contributed by atoms with Crippen molar-refractivity contribution in [2.45, 2.75) is 34.6 Å². The van der Waals surface area contributed by atoms with Gasteiger partial charge in [0.25, 0.3) is 0 Å². The van der Waals surface area contributed by atoms with Crippen LogP contribution in [0, 0.1) is 34.6 Å². The van der Waals surface area contributed by atoms with Crippen LogP contribution in [0.2, 0.25) is 0 Å². The molecule has 0 unspecified atom stereocenters. The van der Waals surface area contributed by atoms with E-state index in [0.29, 0.717) is 22.3 Å². The molecule has 0 fully saturated rings. The Balaban J connectivity index is 2.51. The Hall–Kier alpha value is -3.07. The van der Waals surface area contributed by atoms with Crippen molar-refractivity contribution in [3.8, 4) is 33.8 Å². The van der Waals surface area contributed by atoms with Crippen molar-refractivity contribution in [2.75, 3.05) is 0 Å². The van der Waals surface area contributed by atoms with E-state index < -0.39 is 0 Å². The summed E-state index contributed by atoms with van der Waals surface area (Å²) in [6.45, 7) is 9.59. The smallest absolute Gasteiger partial charge is 0.150 e. The second-order valence-electron chi connectivity index (χ2n) is 7.30. The summed E-state index contributed by atoms with van der Waals surface area (Å²) in [5, 5.41) is 21.5. The van der Waals surface area contributed by atoms with Crippen LogP contribution in [0.4, 0.5) is 0 Å². The van der Waals surface area contributed by atoms with Gasteiger partial charge in [-0.05, 0) is 80.1 Å². The Morgan fingerprint density at radius 2 is 1.15 bits per heavy atom. The lowest BCUT2D eigenvalue weighted by Crippen LogP contribution is -1.98. The summed E-state index contributed by atoms with van der Waals surface area (Å²) in [6, 6.07) is 11.3. The van der Waals surface area contributed by atoms with Gasteiger partial charge >= 0.3 is 0 Å². The molecule has 0 heterocycles. The van der Waals surface area contributed by atoms with Crippen LogP contribution in [0.25, 0.3) is 22.3 Å². The molecule has 0 radical (unpaired) electrons. The van der Waals surface area contributed by atoms with E-state index in [9.17, 15) is 15.0 Å². The lowest BCUT2D eigenvalue weighted by molar-refractivity contribution is 0.112. The number of phenolic OH excluding ortho intramolecular Hbond substituents is 2. The van der Waals surface area contributed by atoms with Gasteiger partial charge in [-0.15, -0.1) is 0 Å². The first-order valence-corrected chi connectivity index (χ1v) is 8.94. The molecule has 3 aromatic carbocycles. The van der Waals surface area contributed by atoms with Gasteiger partial charge in [0.2, 0.25) is 0 Å². The van der Waals surface area contributed by atoms with Gasteiger partial charge in [0, 0.05) is 22.3 Å². The van der Waals surface area contributed by atoms with Crippen molar-refractivity contribution in [1.82, 2.24) is 0 Å². The fourth-order valence-electron chi connectivity index (χ4n) is 3.76. The maximum absolute atomic E-state index is 11.9. The third kappa shape index (κ3) is 3.21. The number of benzene rings is 3. The zero-order valence-electron chi connectivity index (χ0n) is 16.3. The fraction of sp³-hybridized carbons (Fsp3) is 0.208. The van der Waals surface area contributed by atoms with Gasteiger partial charge in [-0.1, -0.05) is 24.3 Å². The molecular formula is C24H24O3. The van der Waals surface area contributed by atoms with E-state index in [1.54, 1.807) is 6.07 Å². The van der Waals surface area contributed by atoms with E-state index >= 15 is 0 Å². The van der Waals surface area contributed by atoms with Crippen LogP contribution in [0.15, 0.2) is 36.4 Å². The largest absolute Gasteiger partial charge is 0.507 e. The summed E-state index contributed by atoms with van der Waals surface area (Å²) in [5.74, 6) is 0.344. The molecule has 27 heavy (non-hydrogen) atoms. The SMILES string of the molecule is Cc1cc(C)c(O)c(-c2c(C)ccc(C=O)c2-c2cc(C)cc(C)c2O)c1. The second kappa shape index (κ2) is 6.92. The minimum Gasteiger partial charge on any atom is -0.507 e. The molecule has 2 N–H and O–H groups in total. The van der Waals surface area contributed by atoms with Crippen molar-refractivity contribution >= 4 is 6.29 Å². The first-order chi connectivity index (χ1) is 12.7. The van der Waals surface area contributed by atoms with Gasteiger partial charge in [0.05, 0.1) is 0 Å². The molecule has 0 saturated heterocycles. The van der Waals surface area contributed by atoms with Gasteiger partial charge < -0.3 is 10.2 Å². The summed E-state index contributed by atoms with van der Waals surface area (Å²) >= 11 is 0.